The van der Waals surface area contributed by atoms with Gasteiger partial charge < -0.3 is 19.1 Å². The van der Waals surface area contributed by atoms with Crippen molar-refractivity contribution in [3.05, 3.63) is 66.0 Å². The molecule has 2 aromatic carbocycles. The average molecular weight is 420 g/mol. The highest BCUT2D eigenvalue weighted by Crippen LogP contribution is 2.48. The van der Waals surface area contributed by atoms with Gasteiger partial charge in [-0.15, -0.1) is 0 Å². The van der Waals surface area contributed by atoms with Crippen LogP contribution in [-0.4, -0.2) is 59.8 Å². The van der Waals surface area contributed by atoms with E-state index in [-0.39, 0.29) is 11.8 Å². The van der Waals surface area contributed by atoms with Gasteiger partial charge in [-0.25, -0.2) is 4.98 Å². The number of nitrogens with zero attached hydrogens (tertiary/aromatic N) is 3. The summed E-state index contributed by atoms with van der Waals surface area (Å²) in [5.74, 6) is 1.67. The van der Waals surface area contributed by atoms with Gasteiger partial charge in [-0.1, -0.05) is 42.5 Å². The number of aromatic nitrogens is 2. The Bertz CT molecular complexity index is 1040. The van der Waals surface area contributed by atoms with E-state index >= 15 is 0 Å². The van der Waals surface area contributed by atoms with Gasteiger partial charge in [0.1, 0.15) is 18.9 Å². The van der Waals surface area contributed by atoms with Crippen LogP contribution in [0.1, 0.15) is 23.7 Å². The summed E-state index contributed by atoms with van der Waals surface area (Å²) >= 11 is 0. The molecule has 2 atom stereocenters. The van der Waals surface area contributed by atoms with Gasteiger partial charge in [0.05, 0.1) is 43.9 Å². The number of carbonyl (C=O) groups is 1. The van der Waals surface area contributed by atoms with Crippen molar-refractivity contribution in [3.8, 4) is 0 Å². The highest BCUT2D eigenvalue weighted by molar-refractivity contribution is 5.83. The first-order valence-corrected chi connectivity index (χ1v) is 11.4. The monoisotopic (exact) mass is 419 g/mol. The molecule has 1 aliphatic carbocycles. The number of ether oxygens (including phenoxy) is 1. The number of quaternary nitrogens is 1. The predicted molar refractivity (Wildman–Crippen MR) is 120 cm³/mol. The summed E-state index contributed by atoms with van der Waals surface area (Å²) in [4.78, 5) is 21.9. The molecule has 162 valence electrons. The normalized spacial score (nSPS) is 21.3. The molecule has 0 radical (unpaired) electrons. The van der Waals surface area contributed by atoms with Gasteiger partial charge in [0.25, 0.3) is 0 Å². The van der Waals surface area contributed by atoms with Crippen molar-refractivity contribution < 1.29 is 14.4 Å². The number of para-hydroxylation sites is 2. The first kappa shape index (κ1) is 20.2. The lowest BCUT2D eigenvalue weighted by Gasteiger charge is -2.28. The highest BCUT2D eigenvalue weighted by Gasteiger charge is 2.46. The van der Waals surface area contributed by atoms with Crippen molar-refractivity contribution in [2.45, 2.75) is 18.9 Å². The number of rotatable bonds is 7. The Kier molecular flexibility index (Phi) is 5.74. The van der Waals surface area contributed by atoms with E-state index in [1.54, 1.807) is 0 Å². The fourth-order valence-corrected chi connectivity index (χ4v) is 4.75. The van der Waals surface area contributed by atoms with Crippen LogP contribution >= 0.6 is 0 Å². The number of carbonyl (C=O) groups excluding carboxylic acids is 1. The van der Waals surface area contributed by atoms with E-state index < -0.39 is 0 Å². The van der Waals surface area contributed by atoms with Gasteiger partial charge in [0.2, 0.25) is 5.91 Å². The van der Waals surface area contributed by atoms with Crippen molar-refractivity contribution >= 4 is 16.9 Å². The molecule has 2 heterocycles. The maximum absolute atomic E-state index is 13.5. The zero-order valence-corrected chi connectivity index (χ0v) is 18.2. The third kappa shape index (κ3) is 4.36. The SMILES string of the molecule is Cn1c(CN(CC[NH+]2CCOCC2)C(=O)[C@@H]2C[C@H]2c2ccccc2)nc2ccccc21. The van der Waals surface area contributed by atoms with Crippen molar-refractivity contribution in [2.24, 2.45) is 13.0 Å². The second-order valence-corrected chi connectivity index (χ2v) is 8.81. The summed E-state index contributed by atoms with van der Waals surface area (Å²) in [6.07, 6.45) is 0.951. The average Bonchev–Trinajstić information content (AvgIpc) is 3.56. The molecular weight excluding hydrogens is 388 g/mol. The zero-order chi connectivity index (χ0) is 21.2. The van der Waals surface area contributed by atoms with Crippen LogP contribution in [0.15, 0.2) is 54.6 Å². The van der Waals surface area contributed by atoms with Crippen LogP contribution in [0.25, 0.3) is 11.0 Å². The minimum absolute atomic E-state index is 0.0942. The maximum Gasteiger partial charge on any atom is 0.226 e. The summed E-state index contributed by atoms with van der Waals surface area (Å²) in [7, 11) is 2.05. The van der Waals surface area contributed by atoms with Gasteiger partial charge in [-0.2, -0.15) is 0 Å². The van der Waals surface area contributed by atoms with Crippen LogP contribution in [0.3, 0.4) is 0 Å². The topological polar surface area (TPSA) is 51.8 Å². The van der Waals surface area contributed by atoms with Crippen LogP contribution in [0, 0.1) is 5.92 Å². The smallest absolute Gasteiger partial charge is 0.226 e. The largest absolute Gasteiger partial charge is 0.370 e. The third-order valence-electron chi connectivity index (χ3n) is 6.79. The Morgan fingerprint density at radius 3 is 2.65 bits per heavy atom. The summed E-state index contributed by atoms with van der Waals surface area (Å²) in [6, 6.07) is 18.6. The minimum atomic E-state index is 0.0942. The minimum Gasteiger partial charge on any atom is -0.370 e. The van der Waals surface area contributed by atoms with E-state index in [1.807, 2.05) is 31.3 Å². The number of morpholine rings is 1. The predicted octanol–water partition coefficient (Wildman–Crippen LogP) is 1.62. The standard InChI is InChI=1S/C25H30N4O2/c1-27-23-10-6-5-9-22(23)26-24(27)18-29(12-11-28-13-15-31-16-14-28)25(30)21-17-20(21)19-7-3-2-4-8-19/h2-10,20-21H,11-18H2,1H3/p+1/t20-,21+/m0/s1. The van der Waals surface area contributed by atoms with Gasteiger partial charge in [-0.05, 0) is 30.0 Å². The number of aryl methyl sites for hydroxylation is 1. The summed E-state index contributed by atoms with van der Waals surface area (Å²) in [5.41, 5.74) is 3.37. The van der Waals surface area contributed by atoms with Crippen molar-refractivity contribution in [2.75, 3.05) is 39.4 Å². The molecule has 2 aliphatic rings. The van der Waals surface area contributed by atoms with Gasteiger partial charge >= 0.3 is 0 Å². The fourth-order valence-electron chi connectivity index (χ4n) is 4.75. The molecule has 0 unspecified atom stereocenters. The molecule has 31 heavy (non-hydrogen) atoms. The molecule has 1 saturated carbocycles. The van der Waals surface area contributed by atoms with Crippen LogP contribution in [0.5, 0.6) is 0 Å². The molecule has 1 N–H and O–H groups in total. The number of hydrogen-bond acceptors (Lipinski definition) is 3. The van der Waals surface area contributed by atoms with Gasteiger partial charge in [-0.3, -0.25) is 4.79 Å². The Morgan fingerprint density at radius 1 is 1.13 bits per heavy atom. The van der Waals surface area contributed by atoms with Crippen LogP contribution in [0.2, 0.25) is 0 Å². The Labute approximate surface area is 183 Å². The Hall–Kier alpha value is -2.70. The quantitative estimate of drug-likeness (QED) is 0.633. The summed E-state index contributed by atoms with van der Waals surface area (Å²) in [6.45, 7) is 5.94. The van der Waals surface area contributed by atoms with E-state index in [0.717, 1.165) is 62.7 Å². The fraction of sp³-hybridized carbons (Fsp3) is 0.440. The molecule has 6 heteroatoms. The maximum atomic E-state index is 13.5. The number of imidazole rings is 1. The Balaban J connectivity index is 1.33. The molecule has 1 amide bonds. The van der Waals surface area contributed by atoms with Crippen LogP contribution < -0.4 is 4.90 Å². The first-order valence-electron chi connectivity index (χ1n) is 11.4. The molecule has 0 spiro atoms. The zero-order valence-electron chi connectivity index (χ0n) is 18.2. The number of amides is 1. The highest BCUT2D eigenvalue weighted by atomic mass is 16.5. The molecule has 5 rings (SSSR count). The second-order valence-electron chi connectivity index (χ2n) is 8.81. The Morgan fingerprint density at radius 2 is 1.87 bits per heavy atom. The van der Waals surface area contributed by atoms with E-state index in [1.165, 1.54) is 10.5 Å². The number of benzene rings is 2. The van der Waals surface area contributed by atoms with E-state index in [0.29, 0.717) is 12.5 Å². The molecule has 2 fully saturated rings. The lowest BCUT2D eigenvalue weighted by Crippen LogP contribution is -3.14. The van der Waals surface area contributed by atoms with E-state index in [2.05, 4.69) is 39.8 Å². The molecule has 1 aliphatic heterocycles. The van der Waals surface area contributed by atoms with Crippen LogP contribution in [-0.2, 0) is 23.1 Å². The number of hydrogen-bond donors (Lipinski definition) is 1. The third-order valence-corrected chi connectivity index (χ3v) is 6.79. The second kappa shape index (κ2) is 8.81. The number of nitrogens with one attached hydrogen (secondary N) is 1. The molecule has 3 aromatic rings. The molecule has 0 bridgehead atoms. The summed E-state index contributed by atoms with van der Waals surface area (Å²) in [5, 5.41) is 0. The lowest BCUT2D eigenvalue weighted by atomic mass is 10.1. The van der Waals surface area contributed by atoms with Crippen LogP contribution in [0.4, 0.5) is 0 Å². The van der Waals surface area contributed by atoms with Crippen molar-refractivity contribution in [1.82, 2.24) is 14.5 Å². The van der Waals surface area contributed by atoms with E-state index in [9.17, 15) is 4.79 Å². The first-order chi connectivity index (χ1) is 15.2. The van der Waals surface area contributed by atoms with Crippen molar-refractivity contribution in [1.29, 1.82) is 0 Å². The molecular formula is C25H31N4O2+. The van der Waals surface area contributed by atoms with Gasteiger partial charge in [0, 0.05) is 13.0 Å². The summed E-state index contributed by atoms with van der Waals surface area (Å²) < 4.78 is 7.62. The number of fused-ring (bicyclic) bond motifs is 1. The van der Waals surface area contributed by atoms with Crippen molar-refractivity contribution in [3.63, 3.8) is 0 Å². The lowest BCUT2D eigenvalue weighted by molar-refractivity contribution is -0.907. The van der Waals surface area contributed by atoms with E-state index in [4.69, 9.17) is 9.72 Å². The molecule has 6 nitrogen and oxygen atoms in total. The van der Waals surface area contributed by atoms with Gasteiger partial charge in [0.15, 0.2) is 0 Å². The molecule has 1 saturated heterocycles. The molecule has 1 aromatic heterocycles.